The largest absolute Gasteiger partial charge is 0.396 e. The lowest BCUT2D eigenvalue weighted by molar-refractivity contribution is 0.307. The lowest BCUT2D eigenvalue weighted by Crippen LogP contribution is -2.39. The van der Waals surface area contributed by atoms with E-state index in [9.17, 15) is 12.8 Å². The van der Waals surface area contributed by atoms with Gasteiger partial charge in [0.05, 0.1) is 10.7 Å². The van der Waals surface area contributed by atoms with Gasteiger partial charge in [-0.1, -0.05) is 11.6 Å². The van der Waals surface area contributed by atoms with Crippen molar-refractivity contribution in [3.63, 3.8) is 0 Å². The molecule has 0 spiro atoms. The third kappa shape index (κ3) is 4.46. The molecule has 1 aromatic carbocycles. The van der Waals surface area contributed by atoms with E-state index in [1.807, 2.05) is 11.8 Å². The number of hydrogen-bond donors (Lipinski definition) is 2. The predicted molar refractivity (Wildman–Crippen MR) is 84.8 cm³/mol. The zero-order valence-electron chi connectivity index (χ0n) is 11.3. The summed E-state index contributed by atoms with van der Waals surface area (Å²) in [6.07, 6.45) is 0. The Morgan fingerprint density at radius 3 is 2.71 bits per heavy atom. The molecule has 1 saturated heterocycles. The lowest BCUT2D eigenvalue weighted by Gasteiger charge is -2.26. The predicted octanol–water partition coefficient (Wildman–Crippen LogP) is 1.39. The highest BCUT2D eigenvalue weighted by Crippen LogP contribution is 2.26. The van der Waals surface area contributed by atoms with Crippen molar-refractivity contribution in [2.45, 2.75) is 4.90 Å². The Bertz CT molecular complexity index is 607. The van der Waals surface area contributed by atoms with Gasteiger partial charge in [-0.2, -0.15) is 11.8 Å². The summed E-state index contributed by atoms with van der Waals surface area (Å²) in [6, 6.07) is 1.95. The van der Waals surface area contributed by atoms with Crippen molar-refractivity contribution in [3.8, 4) is 0 Å². The van der Waals surface area contributed by atoms with Crippen LogP contribution in [0.1, 0.15) is 0 Å². The van der Waals surface area contributed by atoms with Crippen LogP contribution >= 0.6 is 23.4 Å². The van der Waals surface area contributed by atoms with Gasteiger partial charge in [0.25, 0.3) is 0 Å². The van der Waals surface area contributed by atoms with E-state index in [0.717, 1.165) is 36.7 Å². The van der Waals surface area contributed by atoms with Crippen LogP contribution in [0.4, 0.5) is 10.1 Å². The fraction of sp³-hybridized carbons (Fsp3) is 0.500. The number of nitrogens with zero attached hydrogens (tertiary/aromatic N) is 1. The molecule has 1 fully saturated rings. The maximum Gasteiger partial charge on any atom is 0.242 e. The van der Waals surface area contributed by atoms with E-state index in [2.05, 4.69) is 9.62 Å². The lowest BCUT2D eigenvalue weighted by atomic mass is 10.3. The van der Waals surface area contributed by atoms with Crippen LogP contribution in [-0.2, 0) is 10.0 Å². The Morgan fingerprint density at radius 2 is 2.05 bits per heavy atom. The number of nitrogens with two attached hydrogens (primary N) is 1. The van der Waals surface area contributed by atoms with E-state index in [1.54, 1.807) is 0 Å². The first-order valence-corrected chi connectivity index (χ1v) is 9.46. The third-order valence-corrected chi connectivity index (χ3v) is 6.03. The Morgan fingerprint density at radius 1 is 1.38 bits per heavy atom. The standard InChI is InChI=1S/C12H17ClFN3O2S2/c13-9-7-10(14)11(15)8-12(9)21(18,19)16-1-2-17-3-5-20-6-4-17/h7-8,16H,1-6,15H2. The van der Waals surface area contributed by atoms with Crippen molar-refractivity contribution in [2.75, 3.05) is 43.4 Å². The van der Waals surface area contributed by atoms with Crippen LogP contribution in [0, 0.1) is 5.82 Å². The molecule has 0 atom stereocenters. The Hall–Kier alpha value is -0.540. The molecule has 0 bridgehead atoms. The average molecular weight is 354 g/mol. The normalized spacial score (nSPS) is 17.0. The Labute approximate surface area is 133 Å². The summed E-state index contributed by atoms with van der Waals surface area (Å²) in [6.45, 7) is 2.82. The van der Waals surface area contributed by atoms with E-state index < -0.39 is 15.8 Å². The fourth-order valence-electron chi connectivity index (χ4n) is 1.99. The molecular formula is C12H17ClFN3O2S2. The van der Waals surface area contributed by atoms with Gasteiger partial charge in [-0.05, 0) is 12.1 Å². The SMILES string of the molecule is Nc1cc(S(=O)(=O)NCCN2CCSCC2)c(Cl)cc1F. The summed E-state index contributed by atoms with van der Waals surface area (Å²) >= 11 is 7.68. The van der Waals surface area contributed by atoms with Gasteiger partial charge in [0, 0.05) is 37.7 Å². The molecule has 0 amide bonds. The van der Waals surface area contributed by atoms with Gasteiger partial charge < -0.3 is 10.6 Å². The third-order valence-electron chi connectivity index (χ3n) is 3.16. The minimum atomic E-state index is -3.79. The Kier molecular flexibility index (Phi) is 5.73. The first-order valence-electron chi connectivity index (χ1n) is 6.44. The molecule has 0 radical (unpaired) electrons. The quantitative estimate of drug-likeness (QED) is 0.782. The van der Waals surface area contributed by atoms with Crippen molar-refractivity contribution < 1.29 is 12.8 Å². The van der Waals surface area contributed by atoms with Gasteiger partial charge in [-0.3, -0.25) is 0 Å². The van der Waals surface area contributed by atoms with Crippen LogP contribution in [0.2, 0.25) is 5.02 Å². The number of nitrogen functional groups attached to an aromatic ring is 1. The number of anilines is 1. The van der Waals surface area contributed by atoms with Crippen LogP contribution in [0.3, 0.4) is 0 Å². The van der Waals surface area contributed by atoms with E-state index in [-0.39, 0.29) is 22.2 Å². The number of thioether (sulfide) groups is 1. The minimum Gasteiger partial charge on any atom is -0.396 e. The molecule has 5 nitrogen and oxygen atoms in total. The maximum absolute atomic E-state index is 13.2. The van der Waals surface area contributed by atoms with Crippen molar-refractivity contribution in [2.24, 2.45) is 0 Å². The molecule has 0 aliphatic carbocycles. The average Bonchev–Trinajstić information content (AvgIpc) is 2.43. The highest BCUT2D eigenvalue weighted by molar-refractivity contribution is 7.99. The van der Waals surface area contributed by atoms with E-state index >= 15 is 0 Å². The first-order chi connectivity index (χ1) is 9.90. The molecule has 9 heteroatoms. The second-order valence-corrected chi connectivity index (χ2v) is 8.02. The summed E-state index contributed by atoms with van der Waals surface area (Å²) in [4.78, 5) is 2.00. The van der Waals surface area contributed by atoms with Crippen LogP contribution in [0.15, 0.2) is 17.0 Å². The van der Waals surface area contributed by atoms with Gasteiger partial charge >= 0.3 is 0 Å². The molecule has 1 aromatic rings. The van der Waals surface area contributed by atoms with E-state index in [1.165, 1.54) is 0 Å². The molecule has 0 unspecified atom stereocenters. The molecule has 0 aromatic heterocycles. The second kappa shape index (κ2) is 7.15. The number of hydrogen-bond acceptors (Lipinski definition) is 5. The zero-order chi connectivity index (χ0) is 15.5. The summed E-state index contributed by atoms with van der Waals surface area (Å²) in [5.41, 5.74) is 5.15. The van der Waals surface area contributed by atoms with Crippen molar-refractivity contribution in [3.05, 3.63) is 23.0 Å². The fourth-order valence-corrected chi connectivity index (χ4v) is 4.54. The van der Waals surface area contributed by atoms with Gasteiger partial charge in [0.1, 0.15) is 10.7 Å². The number of sulfonamides is 1. The molecule has 1 aliphatic rings. The molecule has 1 heterocycles. The van der Waals surface area contributed by atoms with Crippen LogP contribution in [0.5, 0.6) is 0 Å². The minimum absolute atomic E-state index is 0.177. The van der Waals surface area contributed by atoms with Crippen molar-refractivity contribution >= 4 is 39.1 Å². The summed E-state index contributed by atoms with van der Waals surface area (Å²) < 4.78 is 40.0. The number of nitrogens with one attached hydrogen (secondary N) is 1. The Balaban J connectivity index is 1.99. The van der Waals surface area contributed by atoms with Gasteiger partial charge in [-0.15, -0.1) is 0 Å². The van der Waals surface area contributed by atoms with E-state index in [4.69, 9.17) is 17.3 Å². The number of rotatable bonds is 5. The highest BCUT2D eigenvalue weighted by atomic mass is 35.5. The monoisotopic (exact) mass is 353 g/mol. The summed E-state index contributed by atoms with van der Waals surface area (Å²) in [5, 5.41) is -0.177. The van der Waals surface area contributed by atoms with Gasteiger partial charge in [-0.25, -0.2) is 17.5 Å². The van der Waals surface area contributed by atoms with Gasteiger partial charge in [0.15, 0.2) is 0 Å². The molecule has 0 saturated carbocycles. The van der Waals surface area contributed by atoms with Crippen LogP contribution in [-0.4, -0.2) is 51.0 Å². The topological polar surface area (TPSA) is 75.4 Å². The summed E-state index contributed by atoms with van der Waals surface area (Å²) in [5.74, 6) is 1.39. The molecule has 1 aliphatic heterocycles. The molecule has 2 rings (SSSR count). The maximum atomic E-state index is 13.2. The van der Waals surface area contributed by atoms with Crippen LogP contribution < -0.4 is 10.5 Å². The van der Waals surface area contributed by atoms with Crippen molar-refractivity contribution in [1.29, 1.82) is 0 Å². The smallest absolute Gasteiger partial charge is 0.242 e. The van der Waals surface area contributed by atoms with Gasteiger partial charge in [0.2, 0.25) is 10.0 Å². The van der Waals surface area contributed by atoms with E-state index in [0.29, 0.717) is 6.54 Å². The second-order valence-electron chi connectivity index (χ2n) is 4.66. The van der Waals surface area contributed by atoms with Crippen molar-refractivity contribution in [1.82, 2.24) is 9.62 Å². The summed E-state index contributed by atoms with van der Waals surface area (Å²) in [7, 11) is -3.79. The highest BCUT2D eigenvalue weighted by Gasteiger charge is 2.20. The zero-order valence-corrected chi connectivity index (χ0v) is 13.7. The molecule has 3 N–H and O–H groups in total. The molecular weight excluding hydrogens is 337 g/mol. The number of benzene rings is 1. The first kappa shape index (κ1) is 16.8. The van der Waals surface area contributed by atoms with Crippen LogP contribution in [0.25, 0.3) is 0 Å². The number of halogens is 2. The molecule has 21 heavy (non-hydrogen) atoms. The molecule has 118 valence electrons.